The number of hydrogen-bond donors (Lipinski definition) is 0. The Labute approximate surface area is 225 Å². The van der Waals surface area contributed by atoms with Crippen molar-refractivity contribution in [2.24, 2.45) is 0 Å². The molecule has 38 heavy (non-hydrogen) atoms. The van der Waals surface area contributed by atoms with E-state index in [0.717, 1.165) is 54.0 Å². The number of pyridine rings is 3. The minimum Gasteiger partial charge on any atom is -0.511 e. The topological polar surface area (TPSA) is 57.1 Å². The maximum Gasteiger partial charge on any atom is 0.118 e. The molecule has 5 heteroatoms. The molecule has 0 spiro atoms. The first-order valence-corrected chi connectivity index (χ1v) is 12.9. The molecule has 0 aliphatic carbocycles. The highest BCUT2D eigenvalue weighted by atomic mass is 16.5. The summed E-state index contributed by atoms with van der Waals surface area (Å²) in [7, 11) is 0. The molecule has 190 valence electrons. The molecule has 0 saturated heterocycles. The number of hydrogen-bond acceptors (Lipinski definition) is 5. The quantitative estimate of drug-likeness (QED) is 0.135. The Morgan fingerprint density at radius 2 is 1.24 bits per heavy atom. The zero-order valence-corrected chi connectivity index (χ0v) is 21.8. The summed E-state index contributed by atoms with van der Waals surface area (Å²) >= 11 is 0. The van der Waals surface area contributed by atoms with Gasteiger partial charge in [-0.05, 0) is 55.3 Å². The Morgan fingerprint density at radius 1 is 0.684 bits per heavy atom. The van der Waals surface area contributed by atoms with Gasteiger partial charge in [0.2, 0.25) is 0 Å². The largest absolute Gasteiger partial charge is 0.511 e. The van der Waals surface area contributed by atoms with E-state index in [9.17, 15) is 0 Å². The third-order valence-corrected chi connectivity index (χ3v) is 5.75. The van der Waals surface area contributed by atoms with Gasteiger partial charge in [-0.15, -0.1) is 0 Å². The van der Waals surface area contributed by atoms with Gasteiger partial charge in [0, 0.05) is 18.0 Å². The fourth-order valence-corrected chi connectivity index (χ4v) is 3.68. The third-order valence-electron chi connectivity index (χ3n) is 5.75. The second-order valence-corrected chi connectivity index (χ2v) is 8.68. The van der Waals surface area contributed by atoms with Crippen LogP contribution in [0.15, 0.2) is 73.1 Å². The highest BCUT2D eigenvalue weighted by Crippen LogP contribution is 2.29. The first-order chi connectivity index (χ1) is 18.7. The van der Waals surface area contributed by atoms with Crippen molar-refractivity contribution < 1.29 is 9.47 Å². The van der Waals surface area contributed by atoms with E-state index in [2.05, 4.69) is 41.6 Å². The van der Waals surface area contributed by atoms with Crippen LogP contribution in [-0.2, 0) is 0 Å². The predicted octanol–water partition coefficient (Wildman–Crippen LogP) is 6.90. The molecule has 4 aromatic rings. The van der Waals surface area contributed by atoms with Gasteiger partial charge >= 0.3 is 0 Å². The predicted molar refractivity (Wildman–Crippen MR) is 150 cm³/mol. The monoisotopic (exact) mass is 500 g/mol. The minimum absolute atomic E-state index is 0.553. The van der Waals surface area contributed by atoms with E-state index in [1.165, 1.54) is 0 Å². The Bertz CT molecular complexity index is 1390. The van der Waals surface area contributed by atoms with Crippen molar-refractivity contribution in [3.05, 3.63) is 96.2 Å². The van der Waals surface area contributed by atoms with E-state index >= 15 is 0 Å². The molecule has 0 saturated carbocycles. The van der Waals surface area contributed by atoms with Crippen molar-refractivity contribution in [3.8, 4) is 52.0 Å². The summed E-state index contributed by atoms with van der Waals surface area (Å²) in [5.41, 5.74) is 4.98. The molecule has 1 aromatic carbocycles. The molecule has 0 aliphatic rings. The number of unbranched alkanes of at least 4 members (excludes halogenated alkanes) is 2. The number of aromatic nitrogens is 3. The lowest BCUT2D eigenvalue weighted by molar-refractivity contribution is 0.299. The van der Waals surface area contributed by atoms with Crippen molar-refractivity contribution in [2.75, 3.05) is 13.2 Å². The Hall–Kier alpha value is -4.61. The third kappa shape index (κ3) is 6.99. The van der Waals surface area contributed by atoms with E-state index in [1.807, 2.05) is 54.6 Å². The molecule has 3 heterocycles. The van der Waals surface area contributed by atoms with Crippen molar-refractivity contribution in [3.63, 3.8) is 0 Å². The normalized spacial score (nSPS) is 10.2. The smallest absolute Gasteiger partial charge is 0.118 e. The van der Waals surface area contributed by atoms with Gasteiger partial charge in [0.1, 0.15) is 5.75 Å². The molecule has 0 bridgehead atoms. The van der Waals surface area contributed by atoms with Gasteiger partial charge in [0.05, 0.1) is 47.3 Å². The van der Waals surface area contributed by atoms with Gasteiger partial charge in [0.15, 0.2) is 0 Å². The average molecular weight is 501 g/mol. The SMILES string of the molecule is [C-]#Cc1cc(OCCCC)c(C#Cc2cc(-c3ccccn3)nc(-c3ccccn3)c2)cc1OCCCC. The fraction of sp³-hybridized carbons (Fsp3) is 0.242. The molecular weight excluding hydrogens is 470 g/mol. The molecule has 4 rings (SSSR count). The molecule has 3 aromatic heterocycles. The van der Waals surface area contributed by atoms with Gasteiger partial charge in [-0.3, -0.25) is 15.9 Å². The van der Waals surface area contributed by atoms with Crippen molar-refractivity contribution in [2.45, 2.75) is 39.5 Å². The summed E-state index contributed by atoms with van der Waals surface area (Å²) in [6, 6.07) is 19.0. The van der Waals surface area contributed by atoms with Crippen LogP contribution in [0.5, 0.6) is 11.5 Å². The average Bonchev–Trinajstić information content (AvgIpc) is 2.97. The number of rotatable bonds is 10. The van der Waals surface area contributed by atoms with E-state index < -0.39 is 0 Å². The maximum absolute atomic E-state index is 7.75. The zero-order valence-electron chi connectivity index (χ0n) is 21.8. The highest BCUT2D eigenvalue weighted by molar-refractivity contribution is 5.66. The van der Waals surface area contributed by atoms with Gasteiger partial charge < -0.3 is 15.9 Å². The lowest BCUT2D eigenvalue weighted by Gasteiger charge is -2.17. The van der Waals surface area contributed by atoms with Crippen LogP contribution >= 0.6 is 0 Å². The molecular formula is C33H30N3O2-. The Kier molecular flexibility index (Phi) is 9.49. The highest BCUT2D eigenvalue weighted by Gasteiger charge is 2.09. The van der Waals surface area contributed by atoms with E-state index in [0.29, 0.717) is 35.8 Å². The molecule has 0 fully saturated rings. The molecule has 0 aliphatic heterocycles. The van der Waals surface area contributed by atoms with Crippen LogP contribution in [0, 0.1) is 24.2 Å². The summed E-state index contributed by atoms with van der Waals surface area (Å²) in [4.78, 5) is 13.8. The standard InChI is InChI=1S/C33H30N3O2/c1-4-7-19-37-32-24-27(33(23-26(32)6-3)38-20-8-5-2)16-15-25-21-30(28-13-9-11-17-34-28)36-31(22-25)29-14-10-12-18-35-29/h9-14,17-18,21-24H,4-5,7-8,19-20H2,1-2H3/q-1. The Morgan fingerprint density at radius 3 is 1.74 bits per heavy atom. The van der Waals surface area contributed by atoms with Gasteiger partial charge in [-0.2, -0.15) is 0 Å². The summed E-state index contributed by atoms with van der Waals surface area (Å²) in [5.74, 6) is 10.3. The maximum atomic E-state index is 7.75. The van der Waals surface area contributed by atoms with Crippen LogP contribution in [0.25, 0.3) is 22.8 Å². The summed E-state index contributed by atoms with van der Waals surface area (Å²) in [6.45, 7) is 5.37. The van der Waals surface area contributed by atoms with Crippen molar-refractivity contribution >= 4 is 0 Å². The molecule has 0 N–H and O–H groups in total. The van der Waals surface area contributed by atoms with Crippen molar-refractivity contribution in [1.82, 2.24) is 15.0 Å². The minimum atomic E-state index is 0.553. The lowest BCUT2D eigenvalue weighted by Crippen LogP contribution is -2.03. The van der Waals surface area contributed by atoms with Crippen LogP contribution in [0.2, 0.25) is 0 Å². The molecule has 0 radical (unpaired) electrons. The summed E-state index contributed by atoms with van der Waals surface area (Å²) < 4.78 is 12.0. The van der Waals surface area contributed by atoms with Crippen LogP contribution < -0.4 is 9.47 Å². The second-order valence-electron chi connectivity index (χ2n) is 8.68. The van der Waals surface area contributed by atoms with Crippen LogP contribution in [0.4, 0.5) is 0 Å². The molecule has 0 unspecified atom stereocenters. The van der Waals surface area contributed by atoms with E-state index in [4.69, 9.17) is 20.9 Å². The van der Waals surface area contributed by atoms with E-state index in [1.54, 1.807) is 18.5 Å². The zero-order chi connectivity index (χ0) is 26.6. The Balaban J connectivity index is 1.78. The van der Waals surface area contributed by atoms with Crippen LogP contribution in [0.3, 0.4) is 0 Å². The number of ether oxygens (including phenoxy) is 2. The number of nitrogens with zero attached hydrogens (tertiary/aromatic N) is 3. The first kappa shape index (κ1) is 26.5. The van der Waals surface area contributed by atoms with Crippen LogP contribution in [-0.4, -0.2) is 28.2 Å². The summed E-state index contributed by atoms with van der Waals surface area (Å²) in [5, 5.41) is 0. The van der Waals surface area contributed by atoms with Crippen LogP contribution in [0.1, 0.15) is 56.2 Å². The van der Waals surface area contributed by atoms with Gasteiger partial charge in [-0.25, -0.2) is 4.98 Å². The molecule has 0 amide bonds. The molecule has 0 atom stereocenters. The first-order valence-electron chi connectivity index (χ1n) is 12.9. The van der Waals surface area contributed by atoms with Gasteiger partial charge in [-0.1, -0.05) is 62.3 Å². The van der Waals surface area contributed by atoms with E-state index in [-0.39, 0.29) is 0 Å². The second kappa shape index (κ2) is 13.6. The van der Waals surface area contributed by atoms with Gasteiger partial charge in [0.25, 0.3) is 0 Å². The summed E-state index contributed by atoms with van der Waals surface area (Å²) in [6.07, 6.45) is 15.1. The molecule has 5 nitrogen and oxygen atoms in total. The lowest BCUT2D eigenvalue weighted by atomic mass is 10.1. The fourth-order valence-electron chi connectivity index (χ4n) is 3.68. The van der Waals surface area contributed by atoms with Crippen molar-refractivity contribution in [1.29, 1.82) is 0 Å². The number of benzene rings is 1.